The maximum absolute atomic E-state index is 5.92. The van der Waals surface area contributed by atoms with Crippen LogP contribution >= 0.6 is 34.2 Å². The summed E-state index contributed by atoms with van der Waals surface area (Å²) in [6.07, 6.45) is 4.58. The maximum atomic E-state index is 5.92. The van der Waals surface area contributed by atoms with Gasteiger partial charge in [0.25, 0.3) is 0 Å². The monoisotopic (exact) mass is 304 g/mol. The van der Waals surface area contributed by atoms with Crippen LogP contribution in [0.1, 0.15) is 0 Å². The Hall–Kier alpha value is -0.620. The van der Waals surface area contributed by atoms with E-state index in [4.69, 9.17) is 11.6 Å². The van der Waals surface area contributed by atoms with Gasteiger partial charge >= 0.3 is 0 Å². The highest BCUT2D eigenvalue weighted by Gasteiger charge is 2.04. The second-order valence-corrected chi connectivity index (χ2v) is 3.83. The first-order chi connectivity index (χ1) is 6.27. The van der Waals surface area contributed by atoms with E-state index < -0.39 is 0 Å². The number of aromatic nitrogens is 3. The van der Waals surface area contributed by atoms with E-state index in [1.54, 1.807) is 24.4 Å². The third-order valence-electron chi connectivity index (χ3n) is 1.44. The fourth-order valence-electron chi connectivity index (χ4n) is 0.909. The summed E-state index contributed by atoms with van der Waals surface area (Å²) in [6, 6.07) is 5.32. The lowest BCUT2D eigenvalue weighted by molar-refractivity contribution is 0.832. The normalized spacial score (nSPS) is 10.3. The first kappa shape index (κ1) is 8.96. The highest BCUT2D eigenvalue weighted by Crippen LogP contribution is 2.16. The quantitative estimate of drug-likeness (QED) is 0.757. The van der Waals surface area contributed by atoms with E-state index in [-0.39, 0.29) is 0 Å². The van der Waals surface area contributed by atoms with Crippen molar-refractivity contribution in [2.45, 2.75) is 0 Å². The molecule has 2 aromatic heterocycles. The van der Waals surface area contributed by atoms with Gasteiger partial charge in [0.1, 0.15) is 3.70 Å². The molecule has 13 heavy (non-hydrogen) atoms. The number of hydrogen-bond donors (Lipinski definition) is 0. The number of nitrogens with zero attached hydrogens (tertiary/aromatic N) is 3. The maximum Gasteiger partial charge on any atom is 0.172 e. The summed E-state index contributed by atoms with van der Waals surface area (Å²) in [6.45, 7) is 0. The zero-order valence-electron chi connectivity index (χ0n) is 6.41. The Morgan fingerprint density at radius 2 is 2.38 bits per heavy atom. The van der Waals surface area contributed by atoms with E-state index in [0.717, 1.165) is 3.70 Å². The summed E-state index contributed by atoms with van der Waals surface area (Å²) in [5.41, 5.74) is 0. The molecule has 1 radical (unpaired) electrons. The molecule has 0 N–H and O–H groups in total. The Morgan fingerprint density at radius 3 is 3.00 bits per heavy atom. The van der Waals surface area contributed by atoms with E-state index in [2.05, 4.69) is 38.9 Å². The SMILES string of the molecule is Clc1cccnc1-n1[c]cc(I)n1. The Bertz CT molecular complexity index is 427. The predicted octanol–water partition coefficient (Wildman–Crippen LogP) is 2.33. The lowest BCUT2D eigenvalue weighted by atomic mass is 10.4. The van der Waals surface area contributed by atoms with Crippen molar-refractivity contribution >= 4 is 34.2 Å². The molecule has 5 heteroatoms. The molecule has 0 saturated carbocycles. The van der Waals surface area contributed by atoms with Crippen LogP contribution in [0.5, 0.6) is 0 Å². The van der Waals surface area contributed by atoms with Crippen molar-refractivity contribution in [2.75, 3.05) is 0 Å². The Morgan fingerprint density at radius 1 is 1.54 bits per heavy atom. The standard InChI is InChI=1S/C8H4ClIN3/c9-6-2-1-4-11-8(6)13-5-3-7(10)12-13/h1-4H. The van der Waals surface area contributed by atoms with E-state index >= 15 is 0 Å². The van der Waals surface area contributed by atoms with Gasteiger partial charge < -0.3 is 0 Å². The summed E-state index contributed by atoms with van der Waals surface area (Å²) >= 11 is 8.03. The molecule has 0 aromatic carbocycles. The van der Waals surface area contributed by atoms with E-state index in [0.29, 0.717) is 10.8 Å². The zero-order chi connectivity index (χ0) is 9.26. The molecule has 0 aliphatic rings. The van der Waals surface area contributed by atoms with Gasteiger partial charge in [-0.3, -0.25) is 0 Å². The topological polar surface area (TPSA) is 30.7 Å². The predicted molar refractivity (Wildman–Crippen MR) is 57.9 cm³/mol. The van der Waals surface area contributed by atoms with Gasteiger partial charge in [0.2, 0.25) is 0 Å². The highest BCUT2D eigenvalue weighted by atomic mass is 127. The lowest BCUT2D eigenvalue weighted by Crippen LogP contribution is -1.98. The molecule has 0 unspecified atom stereocenters. The molecule has 0 atom stereocenters. The molecule has 0 saturated heterocycles. The van der Waals surface area contributed by atoms with Crippen LogP contribution in [0.15, 0.2) is 24.4 Å². The Kier molecular flexibility index (Phi) is 2.50. The molecule has 0 aliphatic heterocycles. The first-order valence-electron chi connectivity index (χ1n) is 3.51. The van der Waals surface area contributed by atoms with E-state index in [1.165, 1.54) is 4.68 Å². The van der Waals surface area contributed by atoms with Crippen LogP contribution in [0, 0.1) is 9.90 Å². The summed E-state index contributed by atoms with van der Waals surface area (Å²) in [7, 11) is 0. The zero-order valence-corrected chi connectivity index (χ0v) is 9.32. The van der Waals surface area contributed by atoms with Crippen LogP contribution in [0.3, 0.4) is 0 Å². The van der Waals surface area contributed by atoms with Gasteiger partial charge in [0.05, 0.1) is 11.2 Å². The lowest BCUT2D eigenvalue weighted by Gasteiger charge is -2.00. The first-order valence-corrected chi connectivity index (χ1v) is 4.97. The number of pyridine rings is 1. The second-order valence-electron chi connectivity index (χ2n) is 2.32. The van der Waals surface area contributed by atoms with Crippen molar-refractivity contribution in [3.63, 3.8) is 0 Å². The molecular weight excluding hydrogens is 300 g/mol. The Balaban J connectivity index is 2.52. The molecule has 0 aliphatic carbocycles. The average molecular weight is 304 g/mol. The van der Waals surface area contributed by atoms with Crippen molar-refractivity contribution in [3.05, 3.63) is 39.3 Å². The molecule has 65 valence electrons. The molecule has 0 fully saturated rings. The van der Waals surface area contributed by atoms with Crippen LogP contribution in [0.2, 0.25) is 5.02 Å². The van der Waals surface area contributed by atoms with Crippen molar-refractivity contribution in [3.8, 4) is 5.82 Å². The molecule has 2 aromatic rings. The minimum atomic E-state index is 0.568. The molecule has 0 amide bonds. The summed E-state index contributed by atoms with van der Waals surface area (Å²) < 4.78 is 2.39. The van der Waals surface area contributed by atoms with E-state index in [1.807, 2.05) is 0 Å². The van der Waals surface area contributed by atoms with Crippen LogP contribution in [0.25, 0.3) is 5.82 Å². The van der Waals surface area contributed by atoms with Crippen LogP contribution < -0.4 is 0 Å². The fraction of sp³-hybridized carbons (Fsp3) is 0. The van der Waals surface area contributed by atoms with Gasteiger partial charge in [-0.05, 0) is 40.8 Å². The minimum Gasteiger partial charge on any atom is -0.236 e. The molecule has 2 rings (SSSR count). The van der Waals surface area contributed by atoms with Gasteiger partial charge in [-0.2, -0.15) is 5.10 Å². The summed E-state index contributed by atoms with van der Waals surface area (Å²) in [5.74, 6) is 0.604. The number of hydrogen-bond acceptors (Lipinski definition) is 2. The highest BCUT2D eigenvalue weighted by molar-refractivity contribution is 14.1. The molecule has 3 nitrogen and oxygen atoms in total. The number of halogens is 2. The van der Waals surface area contributed by atoms with Crippen LogP contribution in [0.4, 0.5) is 0 Å². The van der Waals surface area contributed by atoms with Crippen molar-refractivity contribution in [1.29, 1.82) is 0 Å². The smallest absolute Gasteiger partial charge is 0.172 e. The third-order valence-corrected chi connectivity index (χ3v) is 2.26. The molecular formula is C8H4ClIN3. The largest absolute Gasteiger partial charge is 0.236 e. The van der Waals surface area contributed by atoms with Gasteiger partial charge in [0.15, 0.2) is 5.82 Å². The number of rotatable bonds is 1. The Labute approximate surface area is 93.9 Å². The van der Waals surface area contributed by atoms with Crippen LogP contribution in [-0.4, -0.2) is 14.8 Å². The summed E-state index contributed by atoms with van der Waals surface area (Å²) in [5, 5.41) is 4.71. The fourth-order valence-corrected chi connectivity index (χ4v) is 1.47. The third kappa shape index (κ3) is 1.83. The van der Waals surface area contributed by atoms with Gasteiger partial charge in [-0.25, -0.2) is 9.67 Å². The van der Waals surface area contributed by atoms with E-state index in [9.17, 15) is 0 Å². The second kappa shape index (κ2) is 3.63. The minimum absolute atomic E-state index is 0.568. The van der Waals surface area contributed by atoms with Crippen molar-refractivity contribution in [1.82, 2.24) is 14.8 Å². The molecule has 2 heterocycles. The molecule has 0 bridgehead atoms. The average Bonchev–Trinajstić information content (AvgIpc) is 2.53. The van der Waals surface area contributed by atoms with Gasteiger partial charge in [0, 0.05) is 6.20 Å². The van der Waals surface area contributed by atoms with Crippen LogP contribution in [-0.2, 0) is 0 Å². The van der Waals surface area contributed by atoms with Gasteiger partial charge in [-0.1, -0.05) is 11.6 Å². The molecule has 0 spiro atoms. The van der Waals surface area contributed by atoms with Crippen molar-refractivity contribution in [2.24, 2.45) is 0 Å². The van der Waals surface area contributed by atoms with Gasteiger partial charge in [-0.15, -0.1) is 0 Å². The van der Waals surface area contributed by atoms with Crippen molar-refractivity contribution < 1.29 is 0 Å². The summed E-state index contributed by atoms with van der Waals surface area (Å²) in [4.78, 5) is 4.10.